The molecule has 8 heteroatoms. The van der Waals surface area contributed by atoms with Crippen LogP contribution in [0.2, 0.25) is 0 Å². The predicted octanol–water partition coefficient (Wildman–Crippen LogP) is 0.786. The lowest BCUT2D eigenvalue weighted by Crippen LogP contribution is -2.14. The summed E-state index contributed by atoms with van der Waals surface area (Å²) in [7, 11) is 3.10. The zero-order valence-electron chi connectivity index (χ0n) is 11.3. The second kappa shape index (κ2) is 6.53. The summed E-state index contributed by atoms with van der Waals surface area (Å²) < 4.78 is 10.1. The van der Waals surface area contributed by atoms with Crippen LogP contribution in [0.4, 0.5) is 11.9 Å². The average Bonchev–Trinajstić information content (AvgIpc) is 2.52. The molecule has 0 saturated heterocycles. The summed E-state index contributed by atoms with van der Waals surface area (Å²) in [6.07, 6.45) is 0. The van der Waals surface area contributed by atoms with E-state index in [4.69, 9.17) is 15.3 Å². The van der Waals surface area contributed by atoms with Gasteiger partial charge >= 0.3 is 6.01 Å². The minimum Gasteiger partial charge on any atom is -0.497 e. The van der Waals surface area contributed by atoms with Crippen molar-refractivity contribution in [2.75, 3.05) is 25.0 Å². The van der Waals surface area contributed by atoms with Crippen molar-refractivity contribution < 1.29 is 9.47 Å². The highest BCUT2D eigenvalue weighted by Crippen LogP contribution is 2.14. The SMILES string of the molecule is COc1cccc(CNc2nc(NN)nc(OC)n2)c1. The largest absolute Gasteiger partial charge is 0.497 e. The summed E-state index contributed by atoms with van der Waals surface area (Å²) in [6, 6.07) is 7.87. The van der Waals surface area contributed by atoms with Gasteiger partial charge in [-0.2, -0.15) is 15.0 Å². The quantitative estimate of drug-likeness (QED) is 0.525. The fourth-order valence-corrected chi connectivity index (χ4v) is 1.55. The number of hydrogen-bond acceptors (Lipinski definition) is 8. The molecule has 2 aromatic rings. The van der Waals surface area contributed by atoms with Crippen molar-refractivity contribution in [3.8, 4) is 11.8 Å². The van der Waals surface area contributed by atoms with E-state index in [1.54, 1.807) is 7.11 Å². The molecule has 106 valence electrons. The highest BCUT2D eigenvalue weighted by molar-refractivity contribution is 5.37. The molecule has 0 spiro atoms. The first-order valence-corrected chi connectivity index (χ1v) is 5.88. The van der Waals surface area contributed by atoms with Crippen molar-refractivity contribution in [2.24, 2.45) is 5.84 Å². The molecular weight excluding hydrogens is 260 g/mol. The van der Waals surface area contributed by atoms with Gasteiger partial charge in [-0.1, -0.05) is 12.1 Å². The molecule has 4 N–H and O–H groups in total. The van der Waals surface area contributed by atoms with E-state index in [1.807, 2.05) is 24.3 Å². The van der Waals surface area contributed by atoms with Crippen LogP contribution in [-0.4, -0.2) is 29.2 Å². The maximum atomic E-state index is 5.28. The average molecular weight is 276 g/mol. The first-order chi connectivity index (χ1) is 9.75. The number of benzene rings is 1. The van der Waals surface area contributed by atoms with E-state index in [0.29, 0.717) is 12.5 Å². The van der Waals surface area contributed by atoms with Crippen LogP contribution < -0.4 is 26.1 Å². The van der Waals surface area contributed by atoms with Gasteiger partial charge in [-0.3, -0.25) is 5.43 Å². The van der Waals surface area contributed by atoms with Crippen molar-refractivity contribution in [1.29, 1.82) is 0 Å². The van der Waals surface area contributed by atoms with E-state index in [-0.39, 0.29) is 12.0 Å². The number of nitrogens with two attached hydrogens (primary N) is 1. The summed E-state index contributed by atoms with van der Waals surface area (Å²) in [5.74, 6) is 6.67. The van der Waals surface area contributed by atoms with Gasteiger partial charge in [0.1, 0.15) is 5.75 Å². The molecule has 0 radical (unpaired) electrons. The zero-order valence-corrected chi connectivity index (χ0v) is 11.3. The van der Waals surface area contributed by atoms with Crippen LogP contribution in [0.25, 0.3) is 0 Å². The summed E-state index contributed by atoms with van der Waals surface area (Å²) in [4.78, 5) is 12.1. The highest BCUT2D eigenvalue weighted by Gasteiger charge is 2.05. The molecule has 20 heavy (non-hydrogen) atoms. The Morgan fingerprint density at radius 3 is 2.60 bits per heavy atom. The smallest absolute Gasteiger partial charge is 0.322 e. The third kappa shape index (κ3) is 3.45. The van der Waals surface area contributed by atoms with E-state index in [9.17, 15) is 0 Å². The number of hydrogen-bond donors (Lipinski definition) is 3. The molecule has 2 rings (SSSR count). The van der Waals surface area contributed by atoms with Crippen molar-refractivity contribution in [3.05, 3.63) is 29.8 Å². The molecule has 0 bridgehead atoms. The number of aromatic nitrogens is 3. The molecule has 1 aromatic carbocycles. The van der Waals surface area contributed by atoms with Gasteiger partial charge in [0.05, 0.1) is 14.2 Å². The Morgan fingerprint density at radius 2 is 1.90 bits per heavy atom. The second-order valence-electron chi connectivity index (χ2n) is 3.82. The molecule has 1 heterocycles. The number of nitrogens with zero attached hydrogens (tertiary/aromatic N) is 3. The number of methoxy groups -OCH3 is 2. The molecule has 0 amide bonds. The molecule has 0 unspecified atom stereocenters. The maximum Gasteiger partial charge on any atom is 0.322 e. The molecule has 1 aromatic heterocycles. The van der Waals surface area contributed by atoms with Crippen LogP contribution >= 0.6 is 0 Å². The lowest BCUT2D eigenvalue weighted by Gasteiger charge is -2.08. The fourth-order valence-electron chi connectivity index (χ4n) is 1.55. The van der Waals surface area contributed by atoms with Crippen molar-refractivity contribution in [1.82, 2.24) is 15.0 Å². The van der Waals surface area contributed by atoms with E-state index in [1.165, 1.54) is 7.11 Å². The number of nitrogen functional groups attached to an aromatic ring is 1. The monoisotopic (exact) mass is 276 g/mol. The molecule has 0 saturated carbocycles. The Kier molecular flexibility index (Phi) is 4.51. The predicted molar refractivity (Wildman–Crippen MR) is 74.5 cm³/mol. The van der Waals surface area contributed by atoms with Gasteiger partial charge in [0.25, 0.3) is 0 Å². The third-order valence-electron chi connectivity index (χ3n) is 2.51. The lowest BCUT2D eigenvalue weighted by atomic mass is 10.2. The Balaban J connectivity index is 2.09. The first kappa shape index (κ1) is 13.8. The Bertz CT molecular complexity index is 555. The van der Waals surface area contributed by atoms with Crippen molar-refractivity contribution in [2.45, 2.75) is 6.54 Å². The number of ether oxygens (including phenoxy) is 2. The van der Waals surface area contributed by atoms with Crippen LogP contribution in [0.3, 0.4) is 0 Å². The van der Waals surface area contributed by atoms with Crippen LogP contribution in [0, 0.1) is 0 Å². The Morgan fingerprint density at radius 1 is 1.10 bits per heavy atom. The lowest BCUT2D eigenvalue weighted by molar-refractivity contribution is 0.379. The van der Waals surface area contributed by atoms with Gasteiger partial charge in [0.15, 0.2) is 0 Å². The summed E-state index contributed by atoms with van der Waals surface area (Å²) in [5, 5.41) is 3.07. The van der Waals surface area contributed by atoms with Crippen LogP contribution in [-0.2, 0) is 6.54 Å². The summed E-state index contributed by atoms with van der Waals surface area (Å²) >= 11 is 0. The van der Waals surface area contributed by atoms with Crippen LogP contribution in [0.5, 0.6) is 11.8 Å². The zero-order chi connectivity index (χ0) is 14.4. The van der Waals surface area contributed by atoms with Gasteiger partial charge in [-0.25, -0.2) is 5.84 Å². The van der Waals surface area contributed by atoms with E-state index in [0.717, 1.165) is 11.3 Å². The molecule has 0 aliphatic carbocycles. The molecular formula is C12H16N6O2. The number of nitrogens with one attached hydrogen (secondary N) is 2. The number of anilines is 2. The van der Waals surface area contributed by atoms with Crippen molar-refractivity contribution in [3.63, 3.8) is 0 Å². The van der Waals surface area contributed by atoms with Gasteiger partial charge in [0.2, 0.25) is 11.9 Å². The summed E-state index contributed by atoms with van der Waals surface area (Å²) in [6.45, 7) is 0.536. The normalized spacial score (nSPS) is 9.95. The Hall–Kier alpha value is -2.61. The van der Waals surface area contributed by atoms with Crippen LogP contribution in [0.15, 0.2) is 24.3 Å². The van der Waals surface area contributed by atoms with Gasteiger partial charge in [0, 0.05) is 6.54 Å². The van der Waals surface area contributed by atoms with Gasteiger partial charge in [-0.05, 0) is 17.7 Å². The van der Waals surface area contributed by atoms with E-state index in [2.05, 4.69) is 25.7 Å². The van der Waals surface area contributed by atoms with Gasteiger partial charge < -0.3 is 14.8 Å². The Labute approximate surface area is 116 Å². The minimum atomic E-state index is 0.182. The molecule has 0 atom stereocenters. The molecule has 0 aliphatic heterocycles. The highest BCUT2D eigenvalue weighted by atomic mass is 16.5. The van der Waals surface area contributed by atoms with Crippen LogP contribution in [0.1, 0.15) is 5.56 Å². The number of rotatable bonds is 6. The summed E-state index contributed by atoms with van der Waals surface area (Å²) in [5.41, 5.74) is 3.39. The topological polar surface area (TPSA) is 107 Å². The maximum absolute atomic E-state index is 5.28. The third-order valence-corrected chi connectivity index (χ3v) is 2.51. The standard InChI is InChI=1S/C12H16N6O2/c1-19-9-5-3-4-8(6-9)7-14-10-15-11(18-13)17-12(16-10)20-2/h3-6H,7,13H2,1-2H3,(H2,14,15,16,17,18). The van der Waals surface area contributed by atoms with E-state index >= 15 is 0 Å². The van der Waals surface area contributed by atoms with Gasteiger partial charge in [-0.15, -0.1) is 0 Å². The minimum absolute atomic E-state index is 0.182. The number of hydrazine groups is 1. The fraction of sp³-hybridized carbons (Fsp3) is 0.250. The molecule has 8 nitrogen and oxygen atoms in total. The van der Waals surface area contributed by atoms with Crippen molar-refractivity contribution >= 4 is 11.9 Å². The molecule has 0 aliphatic rings. The molecule has 0 fully saturated rings. The second-order valence-corrected chi connectivity index (χ2v) is 3.82. The first-order valence-electron chi connectivity index (χ1n) is 5.88. The van der Waals surface area contributed by atoms with E-state index < -0.39 is 0 Å².